The smallest absolute Gasteiger partial charge is 0.0626 e. The van der Waals surface area contributed by atoms with Gasteiger partial charge < -0.3 is 10.4 Å². The number of rotatable bonds is 5. The van der Waals surface area contributed by atoms with E-state index < -0.39 is 0 Å². The fourth-order valence-electron chi connectivity index (χ4n) is 2.03. The number of hydrogen-bond donors (Lipinski definition) is 2. The minimum Gasteiger partial charge on any atom is -0.394 e. The third kappa shape index (κ3) is 3.80. The Kier molecular flexibility index (Phi) is 4.97. The van der Waals surface area contributed by atoms with Gasteiger partial charge in [-0.15, -0.1) is 0 Å². The standard InChI is InChI=1S/C16H18ClNO/c1-12-9-13(7-8-15(12)17)10-18-16(11-19)14-5-3-2-4-6-14/h2-9,16,18-19H,10-11H2,1H3. The Bertz CT molecular complexity index is 528. The molecule has 19 heavy (non-hydrogen) atoms. The molecule has 2 aromatic carbocycles. The first-order chi connectivity index (χ1) is 9.20. The fourth-order valence-corrected chi connectivity index (χ4v) is 2.15. The molecule has 2 aromatic rings. The van der Waals surface area contributed by atoms with Crippen molar-refractivity contribution in [1.29, 1.82) is 0 Å². The van der Waals surface area contributed by atoms with Crippen LogP contribution >= 0.6 is 11.6 Å². The lowest BCUT2D eigenvalue weighted by molar-refractivity contribution is 0.243. The van der Waals surface area contributed by atoms with Gasteiger partial charge in [-0.3, -0.25) is 0 Å². The molecule has 1 atom stereocenters. The van der Waals surface area contributed by atoms with Gasteiger partial charge in [0.05, 0.1) is 12.6 Å². The molecule has 0 aliphatic rings. The summed E-state index contributed by atoms with van der Waals surface area (Å²) in [5.74, 6) is 0. The molecule has 0 aliphatic carbocycles. The molecule has 0 radical (unpaired) electrons. The summed E-state index contributed by atoms with van der Waals surface area (Å²) in [6.45, 7) is 2.78. The van der Waals surface area contributed by atoms with Gasteiger partial charge in [0.2, 0.25) is 0 Å². The number of aryl methyl sites for hydroxylation is 1. The second-order valence-electron chi connectivity index (χ2n) is 4.61. The summed E-state index contributed by atoms with van der Waals surface area (Å²) in [4.78, 5) is 0. The van der Waals surface area contributed by atoms with Crippen molar-refractivity contribution in [2.75, 3.05) is 6.61 Å². The van der Waals surface area contributed by atoms with Crippen LogP contribution in [0.4, 0.5) is 0 Å². The van der Waals surface area contributed by atoms with E-state index in [2.05, 4.69) is 11.4 Å². The third-order valence-electron chi connectivity index (χ3n) is 3.16. The fraction of sp³-hybridized carbons (Fsp3) is 0.250. The van der Waals surface area contributed by atoms with E-state index in [0.29, 0.717) is 6.54 Å². The minimum atomic E-state index is -0.0443. The maximum atomic E-state index is 9.47. The molecule has 0 fully saturated rings. The molecule has 2 rings (SSSR count). The predicted octanol–water partition coefficient (Wildman–Crippen LogP) is 3.47. The van der Waals surface area contributed by atoms with Gasteiger partial charge in [0.15, 0.2) is 0 Å². The largest absolute Gasteiger partial charge is 0.394 e. The van der Waals surface area contributed by atoms with Crippen molar-refractivity contribution in [3.05, 3.63) is 70.2 Å². The molecule has 0 bridgehead atoms. The Morgan fingerprint density at radius 3 is 2.53 bits per heavy atom. The van der Waals surface area contributed by atoms with Crippen LogP contribution in [0.1, 0.15) is 22.7 Å². The average molecular weight is 276 g/mol. The van der Waals surface area contributed by atoms with E-state index in [1.165, 1.54) is 0 Å². The van der Waals surface area contributed by atoms with E-state index in [-0.39, 0.29) is 12.6 Å². The van der Waals surface area contributed by atoms with E-state index >= 15 is 0 Å². The summed E-state index contributed by atoms with van der Waals surface area (Å²) in [6, 6.07) is 15.9. The van der Waals surface area contributed by atoms with Crippen LogP contribution in [-0.2, 0) is 6.54 Å². The summed E-state index contributed by atoms with van der Waals surface area (Å²) in [5.41, 5.74) is 3.33. The van der Waals surface area contributed by atoms with Gasteiger partial charge in [0.25, 0.3) is 0 Å². The molecule has 0 spiro atoms. The van der Waals surface area contributed by atoms with Crippen LogP contribution in [-0.4, -0.2) is 11.7 Å². The molecule has 2 N–H and O–H groups in total. The lowest BCUT2D eigenvalue weighted by Crippen LogP contribution is -2.23. The average Bonchev–Trinajstić information content (AvgIpc) is 2.44. The lowest BCUT2D eigenvalue weighted by atomic mass is 10.1. The Labute approximate surface area is 119 Å². The number of aliphatic hydroxyl groups is 1. The quantitative estimate of drug-likeness (QED) is 0.876. The molecule has 0 aliphatic heterocycles. The van der Waals surface area contributed by atoms with Crippen molar-refractivity contribution in [2.24, 2.45) is 0 Å². The topological polar surface area (TPSA) is 32.3 Å². The molecular formula is C16H18ClNO. The maximum Gasteiger partial charge on any atom is 0.0626 e. The Morgan fingerprint density at radius 1 is 1.16 bits per heavy atom. The Hall–Kier alpha value is -1.35. The van der Waals surface area contributed by atoms with E-state index in [4.69, 9.17) is 11.6 Å². The molecule has 2 nitrogen and oxygen atoms in total. The minimum absolute atomic E-state index is 0.0443. The van der Waals surface area contributed by atoms with Gasteiger partial charge >= 0.3 is 0 Å². The highest BCUT2D eigenvalue weighted by molar-refractivity contribution is 6.31. The summed E-state index contributed by atoms with van der Waals surface area (Å²) in [5, 5.41) is 13.6. The highest BCUT2D eigenvalue weighted by atomic mass is 35.5. The Balaban J connectivity index is 2.02. The van der Waals surface area contributed by atoms with E-state index in [1.54, 1.807) is 0 Å². The van der Waals surface area contributed by atoms with Crippen LogP contribution < -0.4 is 5.32 Å². The zero-order valence-corrected chi connectivity index (χ0v) is 11.7. The second-order valence-corrected chi connectivity index (χ2v) is 5.02. The number of hydrogen-bond acceptors (Lipinski definition) is 2. The summed E-state index contributed by atoms with van der Waals surface area (Å²) >= 11 is 6.01. The van der Waals surface area contributed by atoms with Crippen LogP contribution in [0.3, 0.4) is 0 Å². The van der Waals surface area contributed by atoms with Gasteiger partial charge in [0.1, 0.15) is 0 Å². The molecule has 100 valence electrons. The Morgan fingerprint density at radius 2 is 1.89 bits per heavy atom. The molecule has 0 heterocycles. The van der Waals surface area contributed by atoms with Crippen LogP contribution in [0.15, 0.2) is 48.5 Å². The van der Waals surface area contributed by atoms with Crippen molar-refractivity contribution in [1.82, 2.24) is 5.32 Å². The van der Waals surface area contributed by atoms with E-state index in [0.717, 1.165) is 21.7 Å². The second kappa shape index (κ2) is 6.71. The van der Waals surface area contributed by atoms with Crippen LogP contribution in [0.2, 0.25) is 5.02 Å². The van der Waals surface area contributed by atoms with Crippen LogP contribution in [0, 0.1) is 6.92 Å². The third-order valence-corrected chi connectivity index (χ3v) is 3.58. The van der Waals surface area contributed by atoms with Crippen molar-refractivity contribution in [2.45, 2.75) is 19.5 Å². The zero-order chi connectivity index (χ0) is 13.7. The van der Waals surface area contributed by atoms with Crippen molar-refractivity contribution >= 4 is 11.6 Å². The molecule has 0 amide bonds. The van der Waals surface area contributed by atoms with Crippen molar-refractivity contribution in [3.8, 4) is 0 Å². The normalized spacial score (nSPS) is 12.4. The maximum absolute atomic E-state index is 9.47. The van der Waals surface area contributed by atoms with Gasteiger partial charge in [0, 0.05) is 11.6 Å². The summed E-state index contributed by atoms with van der Waals surface area (Å²) < 4.78 is 0. The number of aliphatic hydroxyl groups excluding tert-OH is 1. The predicted molar refractivity (Wildman–Crippen MR) is 79.3 cm³/mol. The molecule has 0 saturated carbocycles. The van der Waals surface area contributed by atoms with E-state index in [9.17, 15) is 5.11 Å². The first-order valence-corrected chi connectivity index (χ1v) is 6.72. The number of benzene rings is 2. The van der Waals surface area contributed by atoms with E-state index in [1.807, 2.05) is 49.4 Å². The molecular weight excluding hydrogens is 258 g/mol. The summed E-state index contributed by atoms with van der Waals surface area (Å²) in [7, 11) is 0. The number of nitrogens with one attached hydrogen (secondary N) is 1. The highest BCUT2D eigenvalue weighted by Gasteiger charge is 2.09. The molecule has 0 aromatic heterocycles. The lowest BCUT2D eigenvalue weighted by Gasteiger charge is -2.17. The molecule has 1 unspecified atom stereocenters. The number of halogens is 1. The van der Waals surface area contributed by atoms with Gasteiger partial charge in [-0.2, -0.15) is 0 Å². The first kappa shape index (κ1) is 14.1. The van der Waals surface area contributed by atoms with Crippen LogP contribution in [0.25, 0.3) is 0 Å². The van der Waals surface area contributed by atoms with Crippen molar-refractivity contribution < 1.29 is 5.11 Å². The summed E-state index contributed by atoms with van der Waals surface area (Å²) in [6.07, 6.45) is 0. The van der Waals surface area contributed by atoms with Crippen molar-refractivity contribution in [3.63, 3.8) is 0 Å². The SMILES string of the molecule is Cc1cc(CNC(CO)c2ccccc2)ccc1Cl. The molecule has 3 heteroatoms. The van der Waals surface area contributed by atoms with Gasteiger partial charge in [-0.05, 0) is 29.7 Å². The zero-order valence-electron chi connectivity index (χ0n) is 10.9. The van der Waals surface area contributed by atoms with Gasteiger partial charge in [-0.1, -0.05) is 54.1 Å². The van der Waals surface area contributed by atoms with Crippen LogP contribution in [0.5, 0.6) is 0 Å². The highest BCUT2D eigenvalue weighted by Crippen LogP contribution is 2.17. The monoisotopic (exact) mass is 275 g/mol. The first-order valence-electron chi connectivity index (χ1n) is 6.35. The molecule has 0 saturated heterocycles. The van der Waals surface area contributed by atoms with Gasteiger partial charge in [-0.25, -0.2) is 0 Å².